The number of nitrogens with one attached hydrogen (secondary N) is 2. The molecule has 1 atom stereocenters. The molecule has 1 aliphatic heterocycles. The van der Waals surface area contributed by atoms with Crippen molar-refractivity contribution in [2.75, 3.05) is 26.7 Å². The van der Waals surface area contributed by atoms with Gasteiger partial charge in [-0.15, -0.1) is 0 Å². The summed E-state index contributed by atoms with van der Waals surface area (Å²) in [5.41, 5.74) is 5.32. The van der Waals surface area contributed by atoms with Gasteiger partial charge in [0.1, 0.15) is 6.61 Å². The molecule has 37 heavy (non-hydrogen) atoms. The van der Waals surface area contributed by atoms with Crippen molar-refractivity contribution in [1.29, 1.82) is 5.41 Å². The Morgan fingerprint density at radius 3 is 2.73 bits per heavy atom. The fraction of sp³-hybridized carbons (Fsp3) is 0.296. The molecule has 10 heteroatoms. The summed E-state index contributed by atoms with van der Waals surface area (Å²) in [6, 6.07) is 9.58. The molecule has 0 saturated carbocycles. The number of hydrogen-bond acceptors (Lipinski definition) is 7. The Balaban J connectivity index is 1.63. The van der Waals surface area contributed by atoms with E-state index in [1.54, 1.807) is 46.7 Å². The number of imidazole rings is 1. The monoisotopic (exact) mass is 499 g/mol. The quantitative estimate of drug-likeness (QED) is 0.349. The number of pyridine rings is 2. The Morgan fingerprint density at radius 2 is 2.03 bits per heavy atom. The third-order valence-electron chi connectivity index (χ3n) is 7.01. The molecule has 190 valence electrons. The van der Waals surface area contributed by atoms with Crippen molar-refractivity contribution in [1.82, 2.24) is 29.3 Å². The van der Waals surface area contributed by atoms with Crippen LogP contribution in [-0.2, 0) is 11.8 Å². The molecule has 0 spiro atoms. The summed E-state index contributed by atoms with van der Waals surface area (Å²) in [6.07, 6.45) is 7.99. The molecule has 4 heterocycles. The van der Waals surface area contributed by atoms with E-state index in [2.05, 4.69) is 15.3 Å². The highest BCUT2D eigenvalue weighted by molar-refractivity contribution is 6.07. The van der Waals surface area contributed by atoms with Crippen molar-refractivity contribution < 1.29 is 9.90 Å². The number of aliphatic hydroxyl groups excluding tert-OH is 1. The lowest BCUT2D eigenvalue weighted by Crippen LogP contribution is -2.43. The molecule has 10 nitrogen and oxygen atoms in total. The minimum absolute atomic E-state index is 0.153. The molecule has 1 aliphatic rings. The summed E-state index contributed by atoms with van der Waals surface area (Å²) in [4.78, 5) is 36.4. The molecule has 1 unspecified atom stereocenters. The van der Waals surface area contributed by atoms with Gasteiger partial charge in [0, 0.05) is 62.3 Å². The molecule has 1 aromatic carbocycles. The first-order chi connectivity index (χ1) is 18.0. The van der Waals surface area contributed by atoms with Crippen molar-refractivity contribution in [2.45, 2.75) is 18.9 Å². The highest BCUT2D eigenvalue weighted by Crippen LogP contribution is 2.32. The van der Waals surface area contributed by atoms with Crippen LogP contribution in [0.15, 0.2) is 53.7 Å². The summed E-state index contributed by atoms with van der Waals surface area (Å²) < 4.78 is 3.39. The predicted molar refractivity (Wildman–Crippen MR) is 143 cm³/mol. The number of allylic oxidation sites excluding steroid dienone is 1. The Bertz CT molecular complexity index is 1580. The third kappa shape index (κ3) is 4.29. The lowest BCUT2D eigenvalue weighted by molar-refractivity contribution is -0.135. The number of piperidine rings is 1. The normalized spacial score (nSPS) is 16.4. The third-order valence-corrected chi connectivity index (χ3v) is 7.01. The Hall–Kier alpha value is -4.31. The first kappa shape index (κ1) is 24.4. The zero-order chi connectivity index (χ0) is 26.1. The van der Waals surface area contributed by atoms with Gasteiger partial charge >= 0.3 is 5.69 Å². The van der Waals surface area contributed by atoms with Crippen molar-refractivity contribution in [2.24, 2.45) is 7.05 Å². The predicted octanol–water partition coefficient (Wildman–Crippen LogP) is 2.32. The van der Waals surface area contributed by atoms with Crippen LogP contribution in [0.3, 0.4) is 0 Å². The van der Waals surface area contributed by atoms with Crippen molar-refractivity contribution in [3.8, 4) is 11.1 Å². The molecule has 1 saturated heterocycles. The number of fused-ring (bicyclic) bond motifs is 3. The highest BCUT2D eigenvalue weighted by atomic mass is 16.3. The van der Waals surface area contributed by atoms with Gasteiger partial charge in [0.2, 0.25) is 5.91 Å². The molecular weight excluding hydrogens is 470 g/mol. The van der Waals surface area contributed by atoms with Crippen LogP contribution in [0.2, 0.25) is 0 Å². The maximum Gasteiger partial charge on any atom is 0.329 e. The SMILES string of the molecule is CN/C=C(\C=N)c1ccc(-c2ccc3ncc4c(c3c2)n(C2CCCN(C(=O)CO)C2)c(=O)n4C)cn1. The number of carbonyl (C=O) groups is 1. The molecule has 1 amide bonds. The van der Waals surface area contributed by atoms with Gasteiger partial charge in [-0.05, 0) is 36.6 Å². The molecule has 3 aromatic heterocycles. The van der Waals surface area contributed by atoms with E-state index in [1.807, 2.05) is 30.3 Å². The highest BCUT2D eigenvalue weighted by Gasteiger charge is 2.28. The maximum atomic E-state index is 13.4. The molecule has 0 aliphatic carbocycles. The Kier molecular flexibility index (Phi) is 6.58. The van der Waals surface area contributed by atoms with E-state index >= 15 is 0 Å². The zero-order valence-electron chi connectivity index (χ0n) is 20.8. The van der Waals surface area contributed by atoms with Gasteiger partial charge in [-0.2, -0.15) is 0 Å². The zero-order valence-corrected chi connectivity index (χ0v) is 20.8. The van der Waals surface area contributed by atoms with Crippen LogP contribution in [0.1, 0.15) is 24.6 Å². The van der Waals surface area contributed by atoms with Gasteiger partial charge in [0.15, 0.2) is 0 Å². The minimum atomic E-state index is -0.535. The second kappa shape index (κ2) is 9.98. The standard InChI is InChI=1S/C27H29N7O3/c1-29-12-19(11-28)22-7-6-18(13-30-22)17-5-8-23-21(10-17)26-24(14-31-23)32(2)27(37)34(26)20-4-3-9-33(15-20)25(36)16-35/h5-8,10-14,20,28-29,35H,3-4,9,15-16H2,1-2H3/b19-12+,28-11?. The second-order valence-electron chi connectivity index (χ2n) is 9.19. The summed E-state index contributed by atoms with van der Waals surface area (Å²) in [7, 11) is 3.51. The second-order valence-corrected chi connectivity index (χ2v) is 9.19. The Morgan fingerprint density at radius 1 is 1.22 bits per heavy atom. The fourth-order valence-corrected chi connectivity index (χ4v) is 5.12. The number of rotatable bonds is 6. The number of likely N-dealkylation sites (tertiary alicyclic amines) is 1. The van der Waals surface area contributed by atoms with Crippen LogP contribution < -0.4 is 11.0 Å². The molecule has 1 fully saturated rings. The minimum Gasteiger partial charge on any atom is -0.393 e. The first-order valence-corrected chi connectivity index (χ1v) is 12.2. The maximum absolute atomic E-state index is 13.4. The van der Waals surface area contributed by atoms with E-state index in [0.717, 1.165) is 45.9 Å². The number of benzene rings is 1. The van der Waals surface area contributed by atoms with Crippen LogP contribution in [-0.4, -0.2) is 68.0 Å². The average Bonchev–Trinajstić information content (AvgIpc) is 3.21. The number of aryl methyl sites for hydroxylation is 1. The summed E-state index contributed by atoms with van der Waals surface area (Å²) in [6.45, 7) is 0.420. The Labute approximate surface area is 213 Å². The number of aliphatic hydroxyl groups is 1. The number of hydrogen-bond donors (Lipinski definition) is 3. The summed E-state index contributed by atoms with van der Waals surface area (Å²) in [5.74, 6) is -0.321. The van der Waals surface area contributed by atoms with Gasteiger partial charge in [-0.3, -0.25) is 23.9 Å². The van der Waals surface area contributed by atoms with Gasteiger partial charge in [0.25, 0.3) is 0 Å². The van der Waals surface area contributed by atoms with E-state index < -0.39 is 6.61 Å². The largest absolute Gasteiger partial charge is 0.393 e. The van der Waals surface area contributed by atoms with E-state index in [-0.39, 0.29) is 17.6 Å². The number of nitrogens with zero attached hydrogens (tertiary/aromatic N) is 5. The van der Waals surface area contributed by atoms with E-state index in [9.17, 15) is 14.7 Å². The average molecular weight is 500 g/mol. The van der Waals surface area contributed by atoms with Gasteiger partial charge in [-0.25, -0.2) is 4.79 Å². The van der Waals surface area contributed by atoms with E-state index in [0.29, 0.717) is 24.4 Å². The smallest absolute Gasteiger partial charge is 0.329 e. The molecule has 0 bridgehead atoms. The van der Waals surface area contributed by atoms with E-state index in [1.165, 1.54) is 6.21 Å². The van der Waals surface area contributed by atoms with Crippen molar-refractivity contribution in [3.05, 3.63) is 65.1 Å². The number of aromatic nitrogens is 4. The topological polar surface area (TPSA) is 129 Å². The fourth-order valence-electron chi connectivity index (χ4n) is 5.12. The lowest BCUT2D eigenvalue weighted by atomic mass is 10.0. The first-order valence-electron chi connectivity index (χ1n) is 12.2. The molecular formula is C27H29N7O3. The van der Waals surface area contributed by atoms with Crippen LogP contribution in [0.4, 0.5) is 0 Å². The van der Waals surface area contributed by atoms with Crippen LogP contribution in [0.5, 0.6) is 0 Å². The van der Waals surface area contributed by atoms with Crippen LogP contribution in [0.25, 0.3) is 38.6 Å². The molecule has 3 N–H and O–H groups in total. The molecule has 0 radical (unpaired) electrons. The number of amides is 1. The number of carbonyl (C=O) groups excluding carboxylic acids is 1. The van der Waals surface area contributed by atoms with Crippen LogP contribution >= 0.6 is 0 Å². The molecule has 5 rings (SSSR count). The summed E-state index contributed by atoms with van der Waals surface area (Å²) >= 11 is 0. The molecule has 4 aromatic rings. The van der Waals surface area contributed by atoms with Gasteiger partial charge in [-0.1, -0.05) is 12.1 Å². The van der Waals surface area contributed by atoms with E-state index in [4.69, 9.17) is 5.41 Å². The van der Waals surface area contributed by atoms with Gasteiger partial charge in [0.05, 0.1) is 34.5 Å². The van der Waals surface area contributed by atoms with Gasteiger partial charge < -0.3 is 20.7 Å². The van der Waals surface area contributed by atoms with Crippen molar-refractivity contribution >= 4 is 39.6 Å². The summed E-state index contributed by atoms with van der Waals surface area (Å²) in [5, 5.41) is 20.7. The van der Waals surface area contributed by atoms with Crippen LogP contribution in [0, 0.1) is 5.41 Å². The van der Waals surface area contributed by atoms with Crippen molar-refractivity contribution in [3.63, 3.8) is 0 Å². The lowest BCUT2D eigenvalue weighted by Gasteiger charge is -2.33.